The second-order valence-corrected chi connectivity index (χ2v) is 3.41. The van der Waals surface area contributed by atoms with E-state index in [0.29, 0.717) is 5.56 Å². The number of hydrogen-bond acceptors (Lipinski definition) is 1. The van der Waals surface area contributed by atoms with E-state index in [1.54, 1.807) is 13.0 Å². The van der Waals surface area contributed by atoms with Crippen LogP contribution in [0.5, 0.6) is 0 Å². The zero-order valence-corrected chi connectivity index (χ0v) is 8.37. The average Bonchev–Trinajstić information content (AvgIpc) is 2.59. The predicted molar refractivity (Wildman–Crippen MR) is 54.1 cm³/mol. The second kappa shape index (κ2) is 3.40. The van der Waals surface area contributed by atoms with Gasteiger partial charge in [0, 0.05) is 23.7 Å². The minimum Gasteiger partial charge on any atom is -0.304 e. The monoisotopic (exact) mass is 192 g/mol. The molecule has 0 aliphatic rings. The largest absolute Gasteiger partial charge is 0.304 e. The summed E-state index contributed by atoms with van der Waals surface area (Å²) in [5.74, 6) is 0. The van der Waals surface area contributed by atoms with E-state index in [9.17, 15) is 4.39 Å². The van der Waals surface area contributed by atoms with Gasteiger partial charge < -0.3 is 4.40 Å². The maximum Gasteiger partial charge on any atom is 0.136 e. The maximum absolute atomic E-state index is 13.1. The topological polar surface area (TPSA) is 17.3 Å². The van der Waals surface area contributed by atoms with Crippen molar-refractivity contribution in [1.82, 2.24) is 9.38 Å². The van der Waals surface area contributed by atoms with Crippen LogP contribution in [-0.2, 0) is 6.42 Å². The Bertz CT molecular complexity index is 445. The average molecular weight is 192 g/mol. The fraction of sp³-hybridized carbons (Fsp3) is 0.364. The van der Waals surface area contributed by atoms with Gasteiger partial charge in [0.05, 0.1) is 0 Å². The van der Waals surface area contributed by atoms with Crippen LogP contribution in [0.3, 0.4) is 0 Å². The summed E-state index contributed by atoms with van der Waals surface area (Å²) < 4.78 is 15.0. The molecule has 2 aromatic rings. The van der Waals surface area contributed by atoms with Gasteiger partial charge in [-0.25, -0.2) is 9.37 Å². The fourth-order valence-corrected chi connectivity index (χ4v) is 1.54. The summed E-state index contributed by atoms with van der Waals surface area (Å²) in [7, 11) is 0. The number of halogens is 1. The molecule has 0 spiro atoms. The van der Waals surface area contributed by atoms with E-state index < -0.39 is 6.17 Å². The van der Waals surface area contributed by atoms with Crippen LogP contribution >= 0.6 is 0 Å². The molecule has 2 rings (SSSR count). The lowest BCUT2D eigenvalue weighted by atomic mass is 10.2. The molecule has 1 atom stereocenters. The van der Waals surface area contributed by atoms with Crippen molar-refractivity contribution in [2.24, 2.45) is 0 Å². The lowest BCUT2D eigenvalue weighted by Gasteiger charge is -2.04. The van der Waals surface area contributed by atoms with Crippen LogP contribution in [0.25, 0.3) is 5.65 Å². The highest BCUT2D eigenvalue weighted by molar-refractivity contribution is 5.42. The van der Waals surface area contributed by atoms with Crippen LogP contribution in [0.4, 0.5) is 4.39 Å². The molecule has 0 N–H and O–H groups in total. The van der Waals surface area contributed by atoms with Crippen molar-refractivity contribution in [2.45, 2.75) is 26.4 Å². The van der Waals surface area contributed by atoms with Gasteiger partial charge in [-0.1, -0.05) is 13.0 Å². The van der Waals surface area contributed by atoms with E-state index in [2.05, 4.69) is 11.9 Å². The van der Waals surface area contributed by atoms with Gasteiger partial charge in [-0.15, -0.1) is 0 Å². The lowest BCUT2D eigenvalue weighted by Crippen LogP contribution is -1.94. The van der Waals surface area contributed by atoms with Crippen molar-refractivity contribution < 1.29 is 4.39 Å². The van der Waals surface area contributed by atoms with Gasteiger partial charge in [-0.05, 0) is 19.4 Å². The quantitative estimate of drug-likeness (QED) is 0.715. The van der Waals surface area contributed by atoms with Crippen LogP contribution in [-0.4, -0.2) is 9.38 Å². The van der Waals surface area contributed by atoms with Gasteiger partial charge in [-0.3, -0.25) is 0 Å². The lowest BCUT2D eigenvalue weighted by molar-refractivity contribution is 0.373. The number of pyridine rings is 1. The first-order chi connectivity index (χ1) is 6.72. The molecule has 1 unspecified atom stereocenters. The Morgan fingerprint density at radius 3 is 2.93 bits per heavy atom. The molecule has 0 saturated heterocycles. The van der Waals surface area contributed by atoms with Crippen molar-refractivity contribution in [3.05, 3.63) is 35.8 Å². The zero-order chi connectivity index (χ0) is 10.1. The van der Waals surface area contributed by atoms with E-state index in [0.717, 1.165) is 17.8 Å². The van der Waals surface area contributed by atoms with E-state index in [-0.39, 0.29) is 0 Å². The van der Waals surface area contributed by atoms with Crippen molar-refractivity contribution in [3.8, 4) is 0 Å². The summed E-state index contributed by atoms with van der Waals surface area (Å²) in [6.45, 7) is 3.61. The molecule has 0 bridgehead atoms. The van der Waals surface area contributed by atoms with Gasteiger partial charge in [-0.2, -0.15) is 0 Å². The highest BCUT2D eigenvalue weighted by Gasteiger charge is 2.06. The number of imidazole rings is 1. The molecule has 0 aliphatic carbocycles. The molecule has 2 nitrogen and oxygen atoms in total. The SMILES string of the molecule is CCc1cnc2ccc(C(C)F)cn12. The number of nitrogens with zero attached hydrogens (tertiary/aromatic N) is 2. The van der Waals surface area contributed by atoms with E-state index in [1.165, 1.54) is 0 Å². The molecular weight excluding hydrogens is 179 g/mol. The highest BCUT2D eigenvalue weighted by atomic mass is 19.1. The molecular formula is C11H13FN2. The smallest absolute Gasteiger partial charge is 0.136 e. The Morgan fingerprint density at radius 2 is 2.29 bits per heavy atom. The number of rotatable bonds is 2. The van der Waals surface area contributed by atoms with Crippen molar-refractivity contribution >= 4 is 5.65 Å². The first-order valence-electron chi connectivity index (χ1n) is 4.82. The molecule has 14 heavy (non-hydrogen) atoms. The Balaban J connectivity index is 2.61. The summed E-state index contributed by atoms with van der Waals surface area (Å²) >= 11 is 0. The summed E-state index contributed by atoms with van der Waals surface area (Å²) in [4.78, 5) is 4.23. The first-order valence-corrected chi connectivity index (χ1v) is 4.82. The molecule has 2 aromatic heterocycles. The molecule has 2 heterocycles. The van der Waals surface area contributed by atoms with Crippen LogP contribution in [0.2, 0.25) is 0 Å². The highest BCUT2D eigenvalue weighted by Crippen LogP contribution is 2.18. The molecule has 0 amide bonds. The van der Waals surface area contributed by atoms with Gasteiger partial charge in [0.1, 0.15) is 11.8 Å². The standard InChI is InChI=1S/C11H13FN2/c1-3-10-6-13-11-5-4-9(8(2)12)7-14(10)11/h4-8H,3H2,1-2H3. The Morgan fingerprint density at radius 1 is 1.50 bits per heavy atom. The number of aromatic nitrogens is 2. The fourth-order valence-electron chi connectivity index (χ4n) is 1.54. The molecule has 74 valence electrons. The molecule has 3 heteroatoms. The number of alkyl halides is 1. The number of hydrogen-bond donors (Lipinski definition) is 0. The molecule has 0 saturated carbocycles. The van der Waals surface area contributed by atoms with Gasteiger partial charge in [0.2, 0.25) is 0 Å². The summed E-state index contributed by atoms with van der Waals surface area (Å²) in [6, 6.07) is 3.64. The van der Waals surface area contributed by atoms with Crippen molar-refractivity contribution in [3.63, 3.8) is 0 Å². The van der Waals surface area contributed by atoms with Crippen molar-refractivity contribution in [1.29, 1.82) is 0 Å². The summed E-state index contributed by atoms with van der Waals surface area (Å²) in [6.07, 6.45) is 3.64. The number of aryl methyl sites for hydroxylation is 1. The molecule has 0 radical (unpaired) electrons. The minimum absolute atomic E-state index is 0.699. The normalized spacial score (nSPS) is 13.4. The molecule has 0 fully saturated rings. The summed E-state index contributed by atoms with van der Waals surface area (Å²) in [5, 5.41) is 0. The third-order valence-electron chi connectivity index (χ3n) is 2.43. The van der Waals surface area contributed by atoms with E-state index in [4.69, 9.17) is 0 Å². The van der Waals surface area contributed by atoms with Crippen LogP contribution in [0.15, 0.2) is 24.5 Å². The van der Waals surface area contributed by atoms with E-state index >= 15 is 0 Å². The van der Waals surface area contributed by atoms with Crippen LogP contribution < -0.4 is 0 Å². The van der Waals surface area contributed by atoms with Crippen molar-refractivity contribution in [2.75, 3.05) is 0 Å². The minimum atomic E-state index is -0.925. The third kappa shape index (κ3) is 1.39. The van der Waals surface area contributed by atoms with Gasteiger partial charge >= 0.3 is 0 Å². The Kier molecular flexibility index (Phi) is 2.23. The van der Waals surface area contributed by atoms with Gasteiger partial charge in [0.15, 0.2) is 0 Å². The number of fused-ring (bicyclic) bond motifs is 1. The zero-order valence-electron chi connectivity index (χ0n) is 8.37. The third-order valence-corrected chi connectivity index (χ3v) is 2.43. The van der Waals surface area contributed by atoms with Crippen LogP contribution in [0, 0.1) is 0 Å². The second-order valence-electron chi connectivity index (χ2n) is 3.41. The van der Waals surface area contributed by atoms with E-state index in [1.807, 2.05) is 22.9 Å². The Labute approximate surface area is 82.4 Å². The predicted octanol–water partition coefficient (Wildman–Crippen LogP) is 2.93. The molecule has 0 aliphatic heterocycles. The van der Waals surface area contributed by atoms with Crippen LogP contribution in [0.1, 0.15) is 31.3 Å². The molecule has 0 aromatic carbocycles. The van der Waals surface area contributed by atoms with Gasteiger partial charge in [0.25, 0.3) is 0 Å². The Hall–Kier alpha value is -1.38. The maximum atomic E-state index is 13.1. The summed E-state index contributed by atoms with van der Waals surface area (Å²) in [5.41, 5.74) is 2.69. The first kappa shape index (κ1) is 9.19.